The van der Waals surface area contributed by atoms with E-state index < -0.39 is 19.0 Å². The summed E-state index contributed by atoms with van der Waals surface area (Å²) in [6.45, 7) is 0.988. The predicted molar refractivity (Wildman–Crippen MR) is 92.8 cm³/mol. The van der Waals surface area contributed by atoms with E-state index in [1.54, 1.807) is 12.1 Å². The van der Waals surface area contributed by atoms with Gasteiger partial charge in [0, 0.05) is 6.54 Å². The van der Waals surface area contributed by atoms with Crippen molar-refractivity contribution in [2.45, 2.75) is 31.7 Å². The van der Waals surface area contributed by atoms with Gasteiger partial charge in [0.2, 0.25) is 5.91 Å². The molecule has 142 valence electrons. The van der Waals surface area contributed by atoms with Crippen LogP contribution in [0.3, 0.4) is 0 Å². The van der Waals surface area contributed by atoms with Crippen molar-refractivity contribution in [2.75, 3.05) is 6.54 Å². The maximum atomic E-state index is 12.3. The molecule has 0 bridgehead atoms. The monoisotopic (exact) mass is 374 g/mol. The van der Waals surface area contributed by atoms with E-state index >= 15 is 0 Å². The number of aromatic carboxylic acids is 1. The van der Waals surface area contributed by atoms with Crippen LogP contribution in [0.2, 0.25) is 0 Å². The van der Waals surface area contributed by atoms with Gasteiger partial charge < -0.3 is 25.8 Å². The van der Waals surface area contributed by atoms with Gasteiger partial charge in [-0.25, -0.2) is 9.48 Å². The van der Waals surface area contributed by atoms with Gasteiger partial charge in [0.25, 0.3) is 0 Å². The number of carboxylic acids is 1. The quantitative estimate of drug-likeness (QED) is 0.418. The van der Waals surface area contributed by atoms with Crippen LogP contribution in [0.1, 0.15) is 28.2 Å². The summed E-state index contributed by atoms with van der Waals surface area (Å²) in [6, 6.07) is 4.68. The largest absolute Gasteiger partial charge is 0.547 e. The van der Waals surface area contributed by atoms with Crippen molar-refractivity contribution in [3.8, 4) is 5.75 Å². The lowest BCUT2D eigenvalue weighted by Crippen LogP contribution is -2.53. The SMILES string of the molecule is NCCCn1nnnc1CC(=O)N[C@H]1Cc2cccc(C(=O)O)c2OB1O. The smallest absolute Gasteiger partial charge is 0.534 e. The van der Waals surface area contributed by atoms with Gasteiger partial charge in [-0.15, -0.1) is 5.10 Å². The summed E-state index contributed by atoms with van der Waals surface area (Å²) in [7, 11) is -1.37. The first-order valence-electron chi connectivity index (χ1n) is 8.44. The van der Waals surface area contributed by atoms with Crippen molar-refractivity contribution in [3.63, 3.8) is 0 Å². The van der Waals surface area contributed by atoms with Crippen molar-refractivity contribution < 1.29 is 24.4 Å². The number of tetrazole rings is 1. The minimum atomic E-state index is -1.37. The molecule has 27 heavy (non-hydrogen) atoms. The predicted octanol–water partition coefficient (Wildman–Crippen LogP) is -1.60. The molecule has 3 rings (SSSR count). The lowest BCUT2D eigenvalue weighted by Gasteiger charge is -2.28. The summed E-state index contributed by atoms with van der Waals surface area (Å²) in [6.07, 6.45) is 0.849. The number of benzene rings is 1. The molecule has 0 radical (unpaired) electrons. The number of amides is 1. The Hall–Kier alpha value is -2.99. The zero-order chi connectivity index (χ0) is 19.4. The highest BCUT2D eigenvalue weighted by Crippen LogP contribution is 2.30. The fraction of sp³-hybridized carbons (Fsp3) is 0.400. The van der Waals surface area contributed by atoms with Gasteiger partial charge in [0.1, 0.15) is 5.75 Å². The summed E-state index contributed by atoms with van der Waals surface area (Å²) in [5, 5.41) is 33.3. The molecule has 0 spiro atoms. The summed E-state index contributed by atoms with van der Waals surface area (Å²) in [5.41, 5.74) is 6.03. The number of carbonyl (C=O) groups is 2. The standard InChI is InChI=1S/C15H19BN6O5/c17-5-2-6-22-12(19-20-21-22)8-13(23)18-11-7-9-3-1-4-10(15(24)25)14(9)27-16(11)26/h1,3-4,11,26H,2,5-8,17H2,(H,18,23)(H,24,25)/t11-/m0/s1. The highest BCUT2D eigenvalue weighted by atomic mass is 16.5. The van der Waals surface area contributed by atoms with E-state index in [4.69, 9.17) is 10.4 Å². The molecule has 0 fully saturated rings. The molecule has 1 aliphatic heterocycles. The summed E-state index contributed by atoms with van der Waals surface area (Å²) >= 11 is 0. The lowest BCUT2D eigenvalue weighted by molar-refractivity contribution is -0.121. The third kappa shape index (κ3) is 4.23. The molecular weight excluding hydrogens is 355 g/mol. The van der Waals surface area contributed by atoms with Gasteiger partial charge in [-0.1, -0.05) is 12.1 Å². The number of aromatic nitrogens is 4. The van der Waals surface area contributed by atoms with Crippen LogP contribution in [0.4, 0.5) is 0 Å². The summed E-state index contributed by atoms with van der Waals surface area (Å²) in [5.74, 6) is -1.74. The molecule has 1 aliphatic rings. The molecule has 2 aromatic rings. The number of nitrogens with one attached hydrogen (secondary N) is 1. The number of para-hydroxylation sites is 1. The Bertz CT molecular complexity index is 844. The Morgan fingerprint density at radius 2 is 2.26 bits per heavy atom. The van der Waals surface area contributed by atoms with Crippen LogP contribution in [0, 0.1) is 0 Å². The normalized spacial score (nSPS) is 15.8. The van der Waals surface area contributed by atoms with Gasteiger partial charge in [-0.05, 0) is 41.4 Å². The maximum absolute atomic E-state index is 12.3. The Labute approximate surface area is 154 Å². The second-order valence-corrected chi connectivity index (χ2v) is 6.12. The van der Waals surface area contributed by atoms with E-state index in [0.717, 1.165) is 0 Å². The number of rotatable bonds is 7. The van der Waals surface area contributed by atoms with Crippen molar-refractivity contribution in [3.05, 3.63) is 35.2 Å². The van der Waals surface area contributed by atoms with Crippen LogP contribution in [0.25, 0.3) is 0 Å². The van der Waals surface area contributed by atoms with E-state index in [2.05, 4.69) is 20.8 Å². The molecule has 1 atom stereocenters. The van der Waals surface area contributed by atoms with E-state index in [0.29, 0.717) is 30.9 Å². The molecule has 11 nitrogen and oxygen atoms in total. The number of hydrogen-bond acceptors (Lipinski definition) is 8. The molecule has 5 N–H and O–H groups in total. The van der Waals surface area contributed by atoms with Crippen molar-refractivity contribution in [2.24, 2.45) is 5.73 Å². The molecule has 2 heterocycles. The number of aryl methyl sites for hydroxylation is 1. The Balaban J connectivity index is 1.66. The average Bonchev–Trinajstić information content (AvgIpc) is 3.06. The number of carboxylic acid groups (broad SMARTS) is 1. The molecule has 1 aromatic heterocycles. The van der Waals surface area contributed by atoms with Crippen molar-refractivity contribution in [1.82, 2.24) is 25.5 Å². The molecule has 0 unspecified atom stereocenters. The van der Waals surface area contributed by atoms with E-state index in [9.17, 15) is 19.7 Å². The van der Waals surface area contributed by atoms with Crippen LogP contribution in [0.15, 0.2) is 18.2 Å². The van der Waals surface area contributed by atoms with Crippen LogP contribution in [-0.2, 0) is 24.2 Å². The number of nitrogens with zero attached hydrogens (tertiary/aromatic N) is 4. The van der Waals surface area contributed by atoms with Gasteiger partial charge >= 0.3 is 13.1 Å². The van der Waals surface area contributed by atoms with Crippen LogP contribution in [-0.4, -0.2) is 61.8 Å². The van der Waals surface area contributed by atoms with E-state index in [-0.39, 0.29) is 30.1 Å². The second-order valence-electron chi connectivity index (χ2n) is 6.12. The zero-order valence-corrected chi connectivity index (χ0v) is 14.4. The number of fused-ring (bicyclic) bond motifs is 1. The second kappa shape index (κ2) is 8.14. The first-order valence-corrected chi connectivity index (χ1v) is 8.44. The maximum Gasteiger partial charge on any atom is 0.547 e. The minimum absolute atomic E-state index is 0.0320. The Morgan fingerprint density at radius 3 is 3.00 bits per heavy atom. The third-order valence-corrected chi connectivity index (χ3v) is 4.19. The van der Waals surface area contributed by atoms with E-state index in [1.165, 1.54) is 10.7 Å². The highest BCUT2D eigenvalue weighted by Gasteiger charge is 2.37. The zero-order valence-electron chi connectivity index (χ0n) is 14.4. The Kier molecular flexibility index (Phi) is 5.67. The highest BCUT2D eigenvalue weighted by molar-refractivity contribution is 6.47. The average molecular weight is 374 g/mol. The third-order valence-electron chi connectivity index (χ3n) is 4.19. The van der Waals surface area contributed by atoms with Gasteiger partial charge in [-0.3, -0.25) is 4.79 Å². The number of nitrogens with two attached hydrogens (primary N) is 1. The Morgan fingerprint density at radius 1 is 1.44 bits per heavy atom. The van der Waals surface area contributed by atoms with Crippen molar-refractivity contribution >= 4 is 19.0 Å². The fourth-order valence-corrected chi connectivity index (χ4v) is 2.88. The first-order chi connectivity index (χ1) is 13.0. The molecule has 0 saturated heterocycles. The molecule has 1 amide bonds. The van der Waals surface area contributed by atoms with Crippen molar-refractivity contribution in [1.29, 1.82) is 0 Å². The minimum Gasteiger partial charge on any atom is -0.534 e. The van der Waals surface area contributed by atoms with Crippen LogP contribution in [0.5, 0.6) is 5.75 Å². The molecular formula is C15H19BN6O5. The van der Waals surface area contributed by atoms with Gasteiger partial charge in [0.05, 0.1) is 17.9 Å². The number of carbonyl (C=O) groups excluding carboxylic acids is 1. The van der Waals surface area contributed by atoms with Crippen LogP contribution >= 0.6 is 0 Å². The topological polar surface area (TPSA) is 165 Å². The first kappa shape index (κ1) is 18.8. The number of hydrogen-bond donors (Lipinski definition) is 4. The molecule has 0 saturated carbocycles. The summed E-state index contributed by atoms with van der Waals surface area (Å²) < 4.78 is 6.86. The lowest BCUT2D eigenvalue weighted by atomic mass is 9.72. The fourth-order valence-electron chi connectivity index (χ4n) is 2.88. The molecule has 12 heteroatoms. The van der Waals surface area contributed by atoms with Gasteiger partial charge in [-0.2, -0.15) is 0 Å². The van der Waals surface area contributed by atoms with Gasteiger partial charge in [0.15, 0.2) is 5.82 Å². The summed E-state index contributed by atoms with van der Waals surface area (Å²) in [4.78, 5) is 23.6. The van der Waals surface area contributed by atoms with E-state index in [1.807, 2.05) is 0 Å². The molecule has 1 aromatic carbocycles. The molecule has 0 aliphatic carbocycles. The van der Waals surface area contributed by atoms with Crippen LogP contribution < -0.4 is 15.7 Å².